The highest BCUT2D eigenvalue weighted by molar-refractivity contribution is 4.77. The fourth-order valence-corrected chi connectivity index (χ4v) is 1.80. The van der Waals surface area contributed by atoms with E-state index < -0.39 is 0 Å². The van der Waals surface area contributed by atoms with Gasteiger partial charge in [0.25, 0.3) is 0 Å². The molecule has 2 heteroatoms. The van der Waals surface area contributed by atoms with E-state index in [2.05, 4.69) is 18.9 Å². The van der Waals surface area contributed by atoms with E-state index in [0.29, 0.717) is 6.04 Å². The number of nitrogens with zero attached hydrogens (tertiary/aromatic N) is 1. The van der Waals surface area contributed by atoms with Crippen LogP contribution in [0.3, 0.4) is 0 Å². The van der Waals surface area contributed by atoms with Crippen molar-refractivity contribution in [2.75, 3.05) is 13.6 Å². The molecule has 0 heterocycles. The van der Waals surface area contributed by atoms with Crippen LogP contribution in [0.2, 0.25) is 0 Å². The van der Waals surface area contributed by atoms with E-state index in [-0.39, 0.29) is 6.10 Å². The van der Waals surface area contributed by atoms with E-state index in [0.717, 1.165) is 19.4 Å². The van der Waals surface area contributed by atoms with Crippen LogP contribution in [0.4, 0.5) is 0 Å². The zero-order valence-corrected chi connectivity index (χ0v) is 7.58. The van der Waals surface area contributed by atoms with Crippen molar-refractivity contribution in [2.45, 2.75) is 44.8 Å². The third kappa shape index (κ3) is 2.46. The van der Waals surface area contributed by atoms with Crippen molar-refractivity contribution in [3.8, 4) is 0 Å². The van der Waals surface area contributed by atoms with Crippen LogP contribution in [-0.4, -0.2) is 35.7 Å². The Morgan fingerprint density at radius 2 is 2.18 bits per heavy atom. The number of hydrogen-bond donors (Lipinski definition) is 1. The predicted molar refractivity (Wildman–Crippen MR) is 46.6 cm³/mol. The number of rotatable bonds is 2. The van der Waals surface area contributed by atoms with E-state index in [1.165, 1.54) is 12.8 Å². The van der Waals surface area contributed by atoms with E-state index >= 15 is 0 Å². The Balaban J connectivity index is 2.33. The summed E-state index contributed by atoms with van der Waals surface area (Å²) in [6.45, 7) is 3.26. The lowest BCUT2D eigenvalue weighted by atomic mass is 9.92. The van der Waals surface area contributed by atoms with Gasteiger partial charge >= 0.3 is 0 Å². The lowest BCUT2D eigenvalue weighted by Crippen LogP contribution is -2.37. The van der Waals surface area contributed by atoms with Crippen LogP contribution in [0.5, 0.6) is 0 Å². The van der Waals surface area contributed by atoms with E-state index in [1.807, 2.05) is 0 Å². The van der Waals surface area contributed by atoms with Gasteiger partial charge in [-0.05, 0) is 39.3 Å². The lowest BCUT2D eigenvalue weighted by Gasteiger charge is -2.32. The van der Waals surface area contributed by atoms with Gasteiger partial charge in [0.05, 0.1) is 6.10 Å². The van der Waals surface area contributed by atoms with Crippen molar-refractivity contribution >= 4 is 0 Å². The zero-order chi connectivity index (χ0) is 8.27. The predicted octanol–water partition coefficient (Wildman–Crippen LogP) is 1.24. The Bertz CT molecular complexity index is 116. The summed E-state index contributed by atoms with van der Waals surface area (Å²) < 4.78 is 0. The smallest absolute Gasteiger partial charge is 0.0555 e. The summed E-state index contributed by atoms with van der Waals surface area (Å²) in [5.74, 6) is 0. The van der Waals surface area contributed by atoms with Gasteiger partial charge < -0.3 is 10.0 Å². The zero-order valence-electron chi connectivity index (χ0n) is 7.58. The van der Waals surface area contributed by atoms with Crippen molar-refractivity contribution in [1.29, 1.82) is 0 Å². The lowest BCUT2D eigenvalue weighted by molar-refractivity contribution is 0.0749. The summed E-state index contributed by atoms with van der Waals surface area (Å²) in [4.78, 5) is 2.34. The van der Waals surface area contributed by atoms with Gasteiger partial charge in [0, 0.05) is 6.04 Å². The van der Waals surface area contributed by atoms with Gasteiger partial charge in [0.15, 0.2) is 0 Å². The highest BCUT2D eigenvalue weighted by Gasteiger charge is 2.22. The summed E-state index contributed by atoms with van der Waals surface area (Å²) in [7, 11) is 2.14. The Labute approximate surface area is 69.2 Å². The second-order valence-electron chi connectivity index (χ2n) is 3.55. The molecule has 1 rings (SSSR count). The van der Waals surface area contributed by atoms with Crippen LogP contribution >= 0.6 is 0 Å². The van der Waals surface area contributed by atoms with Gasteiger partial charge in [-0.3, -0.25) is 0 Å². The van der Waals surface area contributed by atoms with E-state index in [9.17, 15) is 5.11 Å². The molecule has 0 aromatic heterocycles. The van der Waals surface area contributed by atoms with Crippen LogP contribution in [0.1, 0.15) is 32.6 Å². The van der Waals surface area contributed by atoms with Gasteiger partial charge in [0.2, 0.25) is 0 Å². The maximum atomic E-state index is 9.40. The van der Waals surface area contributed by atoms with Gasteiger partial charge in [-0.25, -0.2) is 0 Å². The molecule has 11 heavy (non-hydrogen) atoms. The molecular formula is C9H19NO. The third-order valence-electron chi connectivity index (χ3n) is 2.74. The van der Waals surface area contributed by atoms with E-state index in [4.69, 9.17) is 0 Å². The molecule has 2 atom stereocenters. The molecule has 0 amide bonds. The molecule has 0 aromatic carbocycles. The van der Waals surface area contributed by atoms with Crippen LogP contribution in [0, 0.1) is 0 Å². The van der Waals surface area contributed by atoms with Crippen molar-refractivity contribution in [2.24, 2.45) is 0 Å². The van der Waals surface area contributed by atoms with Crippen molar-refractivity contribution < 1.29 is 5.11 Å². The minimum Gasteiger partial charge on any atom is -0.393 e. The maximum Gasteiger partial charge on any atom is 0.0555 e. The Morgan fingerprint density at radius 1 is 1.45 bits per heavy atom. The Hall–Kier alpha value is -0.0800. The molecule has 1 fully saturated rings. The molecule has 2 nitrogen and oxygen atoms in total. The quantitative estimate of drug-likeness (QED) is 0.652. The highest BCUT2D eigenvalue weighted by Crippen LogP contribution is 2.21. The summed E-state index contributed by atoms with van der Waals surface area (Å²) >= 11 is 0. The molecular weight excluding hydrogens is 138 g/mol. The number of hydrogen-bond acceptors (Lipinski definition) is 2. The monoisotopic (exact) mass is 157 g/mol. The van der Waals surface area contributed by atoms with Crippen molar-refractivity contribution in [1.82, 2.24) is 4.90 Å². The summed E-state index contributed by atoms with van der Waals surface area (Å²) in [6, 6.07) is 0.628. The van der Waals surface area contributed by atoms with Gasteiger partial charge in [-0.15, -0.1) is 0 Å². The average Bonchev–Trinajstić information content (AvgIpc) is 2.03. The molecule has 66 valence electrons. The molecule has 0 bridgehead atoms. The molecule has 0 spiro atoms. The molecule has 1 aliphatic rings. The Kier molecular flexibility index (Phi) is 3.34. The van der Waals surface area contributed by atoms with Crippen molar-refractivity contribution in [3.05, 3.63) is 0 Å². The first kappa shape index (κ1) is 9.01. The Morgan fingerprint density at radius 3 is 2.73 bits per heavy atom. The fourth-order valence-electron chi connectivity index (χ4n) is 1.80. The first-order valence-corrected chi connectivity index (χ1v) is 4.62. The van der Waals surface area contributed by atoms with Crippen LogP contribution in [0.25, 0.3) is 0 Å². The molecule has 0 saturated heterocycles. The van der Waals surface area contributed by atoms with Gasteiger partial charge in [-0.2, -0.15) is 0 Å². The SMILES string of the molecule is CCN(C)C1CCCC(O)C1. The third-order valence-corrected chi connectivity index (χ3v) is 2.74. The van der Waals surface area contributed by atoms with Gasteiger partial charge in [0.1, 0.15) is 0 Å². The second-order valence-corrected chi connectivity index (χ2v) is 3.55. The van der Waals surface area contributed by atoms with Crippen molar-refractivity contribution in [3.63, 3.8) is 0 Å². The molecule has 0 aliphatic heterocycles. The number of aliphatic hydroxyl groups excluding tert-OH is 1. The molecule has 1 saturated carbocycles. The largest absolute Gasteiger partial charge is 0.393 e. The van der Waals surface area contributed by atoms with Crippen LogP contribution < -0.4 is 0 Å². The standard InChI is InChI=1S/C9H19NO/c1-3-10(2)8-5-4-6-9(11)7-8/h8-9,11H,3-7H2,1-2H3. The summed E-state index contributed by atoms with van der Waals surface area (Å²) in [6.07, 6.45) is 4.40. The molecule has 1 aliphatic carbocycles. The summed E-state index contributed by atoms with van der Waals surface area (Å²) in [5.41, 5.74) is 0. The van der Waals surface area contributed by atoms with E-state index in [1.54, 1.807) is 0 Å². The number of aliphatic hydroxyl groups is 1. The average molecular weight is 157 g/mol. The first-order chi connectivity index (χ1) is 5.24. The fraction of sp³-hybridized carbons (Fsp3) is 1.00. The summed E-state index contributed by atoms with van der Waals surface area (Å²) in [5, 5.41) is 9.40. The first-order valence-electron chi connectivity index (χ1n) is 4.62. The minimum atomic E-state index is -0.0391. The maximum absolute atomic E-state index is 9.40. The highest BCUT2D eigenvalue weighted by atomic mass is 16.3. The second kappa shape index (κ2) is 4.07. The normalized spacial score (nSPS) is 32.7. The minimum absolute atomic E-state index is 0.0391. The van der Waals surface area contributed by atoms with Crippen LogP contribution in [-0.2, 0) is 0 Å². The van der Waals surface area contributed by atoms with Gasteiger partial charge in [-0.1, -0.05) is 6.92 Å². The van der Waals surface area contributed by atoms with Crippen LogP contribution in [0.15, 0.2) is 0 Å². The topological polar surface area (TPSA) is 23.5 Å². The molecule has 2 unspecified atom stereocenters. The molecule has 0 radical (unpaired) electrons. The molecule has 0 aromatic rings. The molecule has 1 N–H and O–H groups in total.